The first-order valence-electron chi connectivity index (χ1n) is 2.85. The number of hydrogen-bond acceptors (Lipinski definition) is 6. The lowest BCUT2D eigenvalue weighted by Gasteiger charge is -2.17. The second-order valence-corrected chi connectivity index (χ2v) is 1.73. The van der Waals surface area contributed by atoms with Crippen LogP contribution in [0, 0.1) is 0 Å². The molecular weight excluding hydrogens is 166 g/mol. The Morgan fingerprint density at radius 3 is 2.75 bits per heavy atom. The van der Waals surface area contributed by atoms with E-state index < -0.39 is 18.5 Å². The SMILES string of the molecule is C=CC(=O)OC(O)(CO)N=C=O. The van der Waals surface area contributed by atoms with Gasteiger partial charge < -0.3 is 14.9 Å². The van der Waals surface area contributed by atoms with E-state index in [0.29, 0.717) is 0 Å². The zero-order valence-electron chi connectivity index (χ0n) is 6.06. The molecule has 0 saturated heterocycles. The van der Waals surface area contributed by atoms with Gasteiger partial charge in [0.2, 0.25) is 6.08 Å². The number of aliphatic hydroxyl groups is 2. The molecule has 6 nitrogen and oxygen atoms in total. The molecule has 0 aliphatic heterocycles. The van der Waals surface area contributed by atoms with Gasteiger partial charge in [-0.1, -0.05) is 6.58 Å². The highest BCUT2D eigenvalue weighted by atomic mass is 16.7. The molecular formula is C6H7NO5. The van der Waals surface area contributed by atoms with Crippen LogP contribution >= 0.6 is 0 Å². The first-order valence-corrected chi connectivity index (χ1v) is 2.85. The molecule has 0 radical (unpaired) electrons. The lowest BCUT2D eigenvalue weighted by atomic mass is 10.5. The number of isocyanates is 1. The fourth-order valence-electron chi connectivity index (χ4n) is 0.365. The number of carbonyl (C=O) groups excluding carboxylic acids is 2. The lowest BCUT2D eigenvalue weighted by Crippen LogP contribution is -2.36. The van der Waals surface area contributed by atoms with Gasteiger partial charge in [0.1, 0.15) is 6.61 Å². The van der Waals surface area contributed by atoms with Gasteiger partial charge in [-0.25, -0.2) is 9.59 Å². The quantitative estimate of drug-likeness (QED) is 0.181. The molecule has 1 unspecified atom stereocenters. The van der Waals surface area contributed by atoms with E-state index in [4.69, 9.17) is 10.2 Å². The van der Waals surface area contributed by atoms with Crippen LogP contribution in [-0.2, 0) is 14.3 Å². The van der Waals surface area contributed by atoms with Crippen molar-refractivity contribution in [3.05, 3.63) is 12.7 Å². The minimum absolute atomic E-state index is 0.751. The fraction of sp³-hybridized carbons (Fsp3) is 0.333. The molecule has 0 saturated carbocycles. The van der Waals surface area contributed by atoms with E-state index in [9.17, 15) is 9.59 Å². The van der Waals surface area contributed by atoms with Gasteiger partial charge in [0.25, 0.3) is 0 Å². The van der Waals surface area contributed by atoms with Gasteiger partial charge in [0.15, 0.2) is 0 Å². The molecule has 0 aliphatic carbocycles. The molecule has 0 aromatic carbocycles. The summed E-state index contributed by atoms with van der Waals surface area (Å²) < 4.78 is 4.10. The molecule has 0 bridgehead atoms. The van der Waals surface area contributed by atoms with Crippen LogP contribution in [0.25, 0.3) is 0 Å². The maximum absolute atomic E-state index is 10.5. The summed E-state index contributed by atoms with van der Waals surface area (Å²) >= 11 is 0. The normalized spacial score (nSPS) is 13.8. The molecule has 0 aliphatic rings. The van der Waals surface area contributed by atoms with Crippen molar-refractivity contribution in [2.24, 2.45) is 4.99 Å². The summed E-state index contributed by atoms with van der Waals surface area (Å²) in [5.74, 6) is -3.56. The summed E-state index contributed by atoms with van der Waals surface area (Å²) in [6, 6.07) is 0. The van der Waals surface area contributed by atoms with Crippen LogP contribution in [0.3, 0.4) is 0 Å². The Hall–Kier alpha value is -1.49. The Morgan fingerprint density at radius 2 is 2.42 bits per heavy atom. The highest BCUT2D eigenvalue weighted by molar-refractivity contribution is 5.81. The zero-order chi connectivity index (χ0) is 9.61. The highest BCUT2D eigenvalue weighted by Crippen LogP contribution is 2.06. The average molecular weight is 173 g/mol. The summed E-state index contributed by atoms with van der Waals surface area (Å²) in [5.41, 5.74) is 0. The average Bonchev–Trinajstić information content (AvgIpc) is 2.05. The summed E-state index contributed by atoms with van der Waals surface area (Å²) in [6.45, 7) is 2.01. The third-order valence-corrected chi connectivity index (χ3v) is 0.857. The Labute approximate surface area is 67.8 Å². The van der Waals surface area contributed by atoms with Crippen LogP contribution in [-0.4, -0.2) is 34.8 Å². The van der Waals surface area contributed by atoms with Crippen molar-refractivity contribution < 1.29 is 24.5 Å². The van der Waals surface area contributed by atoms with E-state index in [1.54, 1.807) is 0 Å². The third kappa shape index (κ3) is 3.07. The molecule has 12 heavy (non-hydrogen) atoms. The van der Waals surface area contributed by atoms with Gasteiger partial charge in [0, 0.05) is 6.08 Å². The predicted molar refractivity (Wildman–Crippen MR) is 36.4 cm³/mol. The third-order valence-electron chi connectivity index (χ3n) is 0.857. The predicted octanol–water partition coefficient (Wildman–Crippen LogP) is -1.31. The first kappa shape index (κ1) is 10.5. The van der Waals surface area contributed by atoms with Crippen LogP contribution in [0.2, 0.25) is 0 Å². The van der Waals surface area contributed by atoms with Crippen molar-refractivity contribution in [3.8, 4) is 0 Å². The molecule has 2 N–H and O–H groups in total. The highest BCUT2D eigenvalue weighted by Gasteiger charge is 2.29. The molecule has 1 atom stereocenters. The van der Waals surface area contributed by atoms with Crippen molar-refractivity contribution in [1.29, 1.82) is 0 Å². The number of ether oxygens (including phenoxy) is 1. The second kappa shape index (κ2) is 4.40. The number of rotatable bonds is 4. The van der Waals surface area contributed by atoms with Crippen LogP contribution in [0.15, 0.2) is 17.6 Å². The summed E-state index contributed by atoms with van der Waals surface area (Å²) in [6.07, 6.45) is 1.69. The summed E-state index contributed by atoms with van der Waals surface area (Å²) in [7, 11) is 0. The number of aliphatic imine (C=N–C) groups is 1. The van der Waals surface area contributed by atoms with Crippen LogP contribution < -0.4 is 0 Å². The van der Waals surface area contributed by atoms with Crippen molar-refractivity contribution >= 4 is 12.0 Å². The number of aliphatic hydroxyl groups excluding tert-OH is 1. The monoisotopic (exact) mass is 173 g/mol. The molecule has 66 valence electrons. The van der Waals surface area contributed by atoms with Crippen LogP contribution in [0.5, 0.6) is 0 Å². The molecule has 0 aromatic rings. The summed E-state index contributed by atoms with van der Waals surface area (Å²) in [4.78, 5) is 22.8. The Bertz CT molecular complexity index is 232. The van der Waals surface area contributed by atoms with E-state index in [-0.39, 0.29) is 0 Å². The van der Waals surface area contributed by atoms with Gasteiger partial charge >= 0.3 is 11.9 Å². The van der Waals surface area contributed by atoms with Crippen molar-refractivity contribution in [3.63, 3.8) is 0 Å². The molecule has 0 heterocycles. The van der Waals surface area contributed by atoms with Gasteiger partial charge in [-0.3, -0.25) is 0 Å². The molecule has 6 heteroatoms. The van der Waals surface area contributed by atoms with Gasteiger partial charge in [-0.2, -0.15) is 0 Å². The topological polar surface area (TPSA) is 96.2 Å². The Morgan fingerprint density at radius 1 is 1.83 bits per heavy atom. The maximum Gasteiger partial charge on any atom is 0.346 e. The fourth-order valence-corrected chi connectivity index (χ4v) is 0.365. The van der Waals surface area contributed by atoms with Crippen molar-refractivity contribution in [1.82, 2.24) is 0 Å². The van der Waals surface area contributed by atoms with Crippen LogP contribution in [0.4, 0.5) is 0 Å². The number of esters is 1. The van der Waals surface area contributed by atoms with E-state index in [1.165, 1.54) is 0 Å². The van der Waals surface area contributed by atoms with Crippen LogP contribution in [0.1, 0.15) is 0 Å². The van der Waals surface area contributed by atoms with E-state index in [2.05, 4.69) is 16.3 Å². The maximum atomic E-state index is 10.5. The van der Waals surface area contributed by atoms with Crippen molar-refractivity contribution in [2.75, 3.05) is 6.61 Å². The molecule has 0 rings (SSSR count). The standard InChI is InChI=1S/C6H7NO5/c1-2-5(10)12-6(11,3-8)7-4-9/h2,8,11H,1,3H2. The van der Waals surface area contributed by atoms with E-state index >= 15 is 0 Å². The molecule has 0 aromatic heterocycles. The Balaban J connectivity index is 4.43. The summed E-state index contributed by atoms with van der Waals surface area (Å²) in [5, 5.41) is 17.4. The number of hydrogen-bond donors (Lipinski definition) is 2. The van der Waals surface area contributed by atoms with Gasteiger partial charge in [0.05, 0.1) is 0 Å². The molecule has 0 fully saturated rings. The largest absolute Gasteiger partial charge is 0.406 e. The molecule has 0 amide bonds. The minimum Gasteiger partial charge on any atom is -0.406 e. The van der Waals surface area contributed by atoms with Crippen molar-refractivity contribution in [2.45, 2.75) is 5.91 Å². The van der Waals surface area contributed by atoms with Gasteiger partial charge in [-0.15, -0.1) is 4.99 Å². The second-order valence-electron chi connectivity index (χ2n) is 1.73. The zero-order valence-corrected chi connectivity index (χ0v) is 6.06. The molecule has 0 spiro atoms. The lowest BCUT2D eigenvalue weighted by molar-refractivity contribution is -0.213. The van der Waals surface area contributed by atoms with E-state index in [0.717, 1.165) is 12.2 Å². The number of carbonyl (C=O) groups is 1. The first-order chi connectivity index (χ1) is 5.58. The minimum atomic E-state index is -2.55. The Kier molecular flexibility index (Phi) is 3.85. The van der Waals surface area contributed by atoms with E-state index in [1.807, 2.05) is 0 Å². The number of nitrogens with zero attached hydrogens (tertiary/aromatic N) is 1. The van der Waals surface area contributed by atoms with Gasteiger partial charge in [-0.05, 0) is 0 Å². The smallest absolute Gasteiger partial charge is 0.346 e.